The van der Waals surface area contributed by atoms with E-state index >= 15 is 0 Å². The topological polar surface area (TPSA) is 55.9 Å². The highest BCUT2D eigenvalue weighted by Crippen LogP contribution is 2.10. The van der Waals surface area contributed by atoms with Crippen LogP contribution in [0.1, 0.15) is 23.4 Å². The number of rotatable bonds is 3. The summed E-state index contributed by atoms with van der Waals surface area (Å²) in [6.45, 7) is 3.90. The Bertz CT molecular complexity index is 289. The van der Waals surface area contributed by atoms with Crippen LogP contribution in [0.4, 0.5) is 0 Å². The van der Waals surface area contributed by atoms with E-state index in [9.17, 15) is 9.90 Å². The lowest BCUT2D eigenvalue weighted by Crippen LogP contribution is -2.22. The molecule has 12 heavy (non-hydrogen) atoms. The van der Waals surface area contributed by atoms with Crippen LogP contribution in [-0.4, -0.2) is 11.0 Å². The highest BCUT2D eigenvalue weighted by atomic mass is 16.4. The lowest BCUT2D eigenvalue weighted by atomic mass is 10.1. The standard InChI is InChI=1S/C9H13NO2/c1-6-5-8(7(2)10-6)3-4-9(11)12/h5,10H,3-4H2,1-2H3,(H,11,12)/p-1. The number of aromatic nitrogens is 1. The molecule has 0 bridgehead atoms. The summed E-state index contributed by atoms with van der Waals surface area (Å²) in [6.07, 6.45) is 0.649. The molecule has 0 fully saturated rings. The summed E-state index contributed by atoms with van der Waals surface area (Å²) in [5.41, 5.74) is 3.19. The zero-order chi connectivity index (χ0) is 9.14. The van der Waals surface area contributed by atoms with Crippen LogP contribution in [0.5, 0.6) is 0 Å². The lowest BCUT2D eigenvalue weighted by Gasteiger charge is -2.00. The molecule has 0 aromatic carbocycles. The molecule has 0 saturated carbocycles. The van der Waals surface area contributed by atoms with Crippen LogP contribution in [0, 0.1) is 13.8 Å². The molecule has 3 nitrogen and oxygen atoms in total. The zero-order valence-electron chi connectivity index (χ0n) is 7.31. The number of hydrogen-bond acceptors (Lipinski definition) is 2. The highest BCUT2D eigenvalue weighted by molar-refractivity contribution is 5.64. The fourth-order valence-corrected chi connectivity index (χ4v) is 1.28. The minimum absolute atomic E-state index is 0.0954. The van der Waals surface area contributed by atoms with Gasteiger partial charge in [-0.15, -0.1) is 0 Å². The lowest BCUT2D eigenvalue weighted by molar-refractivity contribution is -0.305. The van der Waals surface area contributed by atoms with Gasteiger partial charge in [0.15, 0.2) is 0 Å². The summed E-state index contributed by atoms with van der Waals surface area (Å²) in [7, 11) is 0. The molecule has 0 saturated heterocycles. The Morgan fingerprint density at radius 3 is 2.67 bits per heavy atom. The average Bonchev–Trinajstić information content (AvgIpc) is 2.26. The SMILES string of the molecule is Cc1cc(CCC(=O)[O-])c(C)[nH]1. The summed E-state index contributed by atoms with van der Waals surface area (Å²) in [4.78, 5) is 13.3. The normalized spacial score (nSPS) is 10.2. The third-order valence-electron chi connectivity index (χ3n) is 1.86. The minimum Gasteiger partial charge on any atom is -0.550 e. The molecule has 0 amide bonds. The number of carboxylic acid groups (broad SMARTS) is 1. The number of aryl methyl sites for hydroxylation is 3. The molecule has 1 aromatic heterocycles. The van der Waals surface area contributed by atoms with Crippen molar-refractivity contribution < 1.29 is 9.90 Å². The van der Waals surface area contributed by atoms with Gasteiger partial charge >= 0.3 is 0 Å². The molecule has 0 aliphatic rings. The van der Waals surface area contributed by atoms with Crippen molar-refractivity contribution in [1.82, 2.24) is 4.98 Å². The molecular formula is C9H12NO2-. The summed E-state index contributed by atoms with van der Waals surface area (Å²) in [6, 6.07) is 1.97. The fourth-order valence-electron chi connectivity index (χ4n) is 1.28. The van der Waals surface area contributed by atoms with E-state index in [2.05, 4.69) is 4.98 Å². The van der Waals surface area contributed by atoms with Crippen LogP contribution in [-0.2, 0) is 11.2 Å². The van der Waals surface area contributed by atoms with Crippen LogP contribution < -0.4 is 5.11 Å². The van der Waals surface area contributed by atoms with Gasteiger partial charge in [0.25, 0.3) is 0 Å². The van der Waals surface area contributed by atoms with E-state index in [1.165, 1.54) is 0 Å². The number of aromatic amines is 1. The number of carbonyl (C=O) groups is 1. The summed E-state index contributed by atoms with van der Waals surface area (Å²) in [5, 5.41) is 10.2. The van der Waals surface area contributed by atoms with Crippen molar-refractivity contribution in [2.75, 3.05) is 0 Å². The molecule has 1 N–H and O–H groups in total. The summed E-state index contributed by atoms with van der Waals surface area (Å²) < 4.78 is 0. The van der Waals surface area contributed by atoms with E-state index in [0.717, 1.165) is 17.0 Å². The number of aliphatic carboxylic acids is 1. The second-order valence-electron chi connectivity index (χ2n) is 2.97. The van der Waals surface area contributed by atoms with Crippen LogP contribution in [0.3, 0.4) is 0 Å². The predicted molar refractivity (Wildman–Crippen MR) is 43.6 cm³/mol. The molecule has 1 rings (SSSR count). The van der Waals surface area contributed by atoms with Gasteiger partial charge in [0.05, 0.1) is 0 Å². The quantitative estimate of drug-likeness (QED) is 0.702. The van der Waals surface area contributed by atoms with Gasteiger partial charge in [-0.25, -0.2) is 0 Å². The molecule has 0 radical (unpaired) electrons. The molecule has 0 spiro atoms. The first-order valence-corrected chi connectivity index (χ1v) is 3.94. The van der Waals surface area contributed by atoms with Gasteiger partial charge in [0.2, 0.25) is 0 Å². The van der Waals surface area contributed by atoms with Crippen molar-refractivity contribution in [3.63, 3.8) is 0 Å². The Balaban J connectivity index is 2.62. The number of nitrogens with one attached hydrogen (secondary N) is 1. The van der Waals surface area contributed by atoms with E-state index < -0.39 is 5.97 Å². The molecule has 66 valence electrons. The molecule has 0 aliphatic carbocycles. The van der Waals surface area contributed by atoms with Gasteiger partial charge in [0.1, 0.15) is 0 Å². The van der Waals surface area contributed by atoms with Gasteiger partial charge in [-0.3, -0.25) is 0 Å². The Hall–Kier alpha value is -1.25. The summed E-state index contributed by atoms with van der Waals surface area (Å²) in [5.74, 6) is -0.992. The van der Waals surface area contributed by atoms with Crippen molar-refractivity contribution in [1.29, 1.82) is 0 Å². The second kappa shape index (κ2) is 3.43. The van der Waals surface area contributed by atoms with Crippen molar-refractivity contribution in [3.05, 3.63) is 23.0 Å². The van der Waals surface area contributed by atoms with Crippen molar-refractivity contribution in [2.45, 2.75) is 26.7 Å². The van der Waals surface area contributed by atoms with E-state index in [4.69, 9.17) is 0 Å². The van der Waals surface area contributed by atoms with E-state index in [-0.39, 0.29) is 6.42 Å². The van der Waals surface area contributed by atoms with Gasteiger partial charge in [-0.2, -0.15) is 0 Å². The van der Waals surface area contributed by atoms with Gasteiger partial charge in [0, 0.05) is 17.4 Å². The smallest absolute Gasteiger partial charge is 0.0417 e. The number of H-pyrrole nitrogens is 1. The predicted octanol–water partition coefficient (Wildman–Crippen LogP) is 0.314. The van der Waals surface area contributed by atoms with Crippen molar-refractivity contribution in [3.8, 4) is 0 Å². The first-order valence-electron chi connectivity index (χ1n) is 3.94. The Labute approximate surface area is 71.4 Å². The Kier molecular flexibility index (Phi) is 2.53. The second-order valence-corrected chi connectivity index (χ2v) is 2.97. The minimum atomic E-state index is -0.992. The van der Waals surface area contributed by atoms with Crippen LogP contribution in [0.2, 0.25) is 0 Å². The molecular weight excluding hydrogens is 154 g/mol. The Morgan fingerprint density at radius 1 is 1.58 bits per heavy atom. The van der Waals surface area contributed by atoms with Gasteiger partial charge in [-0.1, -0.05) is 0 Å². The molecule has 0 unspecified atom stereocenters. The fraction of sp³-hybridized carbons (Fsp3) is 0.444. The first kappa shape index (κ1) is 8.84. The molecule has 1 aromatic rings. The van der Waals surface area contributed by atoms with Crippen LogP contribution in [0.25, 0.3) is 0 Å². The number of hydrogen-bond donors (Lipinski definition) is 1. The maximum atomic E-state index is 10.2. The zero-order valence-corrected chi connectivity index (χ0v) is 7.31. The maximum absolute atomic E-state index is 10.2. The van der Waals surface area contributed by atoms with Gasteiger partial charge in [-0.05, 0) is 38.3 Å². The molecule has 1 heterocycles. The monoisotopic (exact) mass is 166 g/mol. The average molecular weight is 166 g/mol. The molecule has 0 aliphatic heterocycles. The molecule has 0 atom stereocenters. The van der Waals surface area contributed by atoms with Crippen LogP contribution in [0.15, 0.2) is 6.07 Å². The van der Waals surface area contributed by atoms with Crippen molar-refractivity contribution in [2.24, 2.45) is 0 Å². The van der Waals surface area contributed by atoms with E-state index in [1.807, 2.05) is 19.9 Å². The van der Waals surface area contributed by atoms with Gasteiger partial charge < -0.3 is 14.9 Å². The number of carboxylic acids is 1. The maximum Gasteiger partial charge on any atom is 0.0417 e. The Morgan fingerprint density at radius 2 is 2.25 bits per heavy atom. The van der Waals surface area contributed by atoms with Crippen molar-refractivity contribution >= 4 is 5.97 Å². The third-order valence-corrected chi connectivity index (χ3v) is 1.86. The summed E-state index contributed by atoms with van der Waals surface area (Å²) >= 11 is 0. The van der Waals surface area contributed by atoms with E-state index in [0.29, 0.717) is 6.42 Å². The van der Waals surface area contributed by atoms with Crippen LogP contribution >= 0.6 is 0 Å². The first-order chi connectivity index (χ1) is 5.59. The highest BCUT2D eigenvalue weighted by Gasteiger charge is 2.00. The number of carbonyl (C=O) groups excluding carboxylic acids is 1. The third kappa shape index (κ3) is 2.12. The van der Waals surface area contributed by atoms with E-state index in [1.54, 1.807) is 0 Å². The molecule has 3 heteroatoms. The largest absolute Gasteiger partial charge is 0.550 e.